The smallest absolute Gasteiger partial charge is 0.316 e. The Morgan fingerprint density at radius 2 is 1.85 bits per heavy atom. The first-order valence-corrected chi connectivity index (χ1v) is 6.43. The summed E-state index contributed by atoms with van der Waals surface area (Å²) in [4.78, 5) is 23.1. The number of hydrogen-bond donors (Lipinski definition) is 1. The third kappa shape index (κ3) is 3.57. The maximum absolute atomic E-state index is 11.8. The van der Waals surface area contributed by atoms with Crippen molar-refractivity contribution in [1.82, 2.24) is 5.32 Å². The zero-order chi connectivity index (χ0) is 15.1. The van der Waals surface area contributed by atoms with E-state index in [0.29, 0.717) is 6.29 Å². The number of esters is 1. The van der Waals surface area contributed by atoms with Crippen molar-refractivity contribution in [3.8, 4) is 5.75 Å². The Balaban J connectivity index is 3.15. The highest BCUT2D eigenvalue weighted by molar-refractivity contribution is 5.89. The molecule has 20 heavy (non-hydrogen) atoms. The largest absolute Gasteiger partial charge is 0.497 e. The molecule has 1 aromatic carbocycles. The third-order valence-electron chi connectivity index (χ3n) is 3.50. The predicted octanol–water partition coefficient (Wildman–Crippen LogP) is 1.37. The van der Waals surface area contributed by atoms with Crippen LogP contribution in [0, 0.1) is 5.92 Å². The molecule has 1 aromatic rings. The molecule has 0 amide bonds. The predicted molar refractivity (Wildman–Crippen MR) is 75.8 cm³/mol. The van der Waals surface area contributed by atoms with Gasteiger partial charge in [-0.1, -0.05) is 12.1 Å². The van der Waals surface area contributed by atoms with Crippen LogP contribution in [-0.2, 0) is 14.3 Å². The van der Waals surface area contributed by atoms with Gasteiger partial charge in [0.2, 0.25) is 0 Å². The second kappa shape index (κ2) is 7.65. The molecule has 2 unspecified atom stereocenters. The monoisotopic (exact) mass is 279 g/mol. The molecule has 0 aromatic heterocycles. The first kappa shape index (κ1) is 16.2. The van der Waals surface area contributed by atoms with Crippen molar-refractivity contribution >= 4 is 12.3 Å². The van der Waals surface area contributed by atoms with Crippen molar-refractivity contribution in [3.63, 3.8) is 0 Å². The molecule has 3 atom stereocenters. The quantitative estimate of drug-likeness (QED) is 0.464. The fourth-order valence-electron chi connectivity index (χ4n) is 2.24. The number of likely N-dealkylation sites (N-methyl/N-ethyl adjacent to an activating group) is 1. The minimum absolute atomic E-state index is 0.0577. The van der Waals surface area contributed by atoms with E-state index in [-0.39, 0.29) is 12.0 Å². The van der Waals surface area contributed by atoms with E-state index in [1.165, 1.54) is 7.11 Å². The Bertz CT molecular complexity index is 444. The number of methoxy groups -OCH3 is 2. The molecule has 0 spiro atoms. The standard InChI is InChI=1S/C15H21NO4/c1-10(16-2)14(13(9-17)15(18)20-4)11-5-7-12(19-3)8-6-11/h5-10,13-14,16H,1-4H3/t10?,13?,14-/m1/s1. The molecule has 0 radical (unpaired) electrons. The molecule has 1 rings (SSSR count). The van der Waals surface area contributed by atoms with E-state index < -0.39 is 11.9 Å². The van der Waals surface area contributed by atoms with Crippen LogP contribution in [0.5, 0.6) is 5.75 Å². The van der Waals surface area contributed by atoms with Crippen molar-refractivity contribution in [2.24, 2.45) is 5.92 Å². The van der Waals surface area contributed by atoms with Crippen molar-refractivity contribution in [3.05, 3.63) is 29.8 Å². The van der Waals surface area contributed by atoms with E-state index in [9.17, 15) is 9.59 Å². The molecule has 0 aliphatic heterocycles. The van der Waals surface area contributed by atoms with Crippen LogP contribution in [0.2, 0.25) is 0 Å². The van der Waals surface area contributed by atoms with E-state index in [1.54, 1.807) is 14.2 Å². The van der Waals surface area contributed by atoms with Crippen molar-refractivity contribution in [2.45, 2.75) is 18.9 Å². The molecule has 1 N–H and O–H groups in total. The van der Waals surface area contributed by atoms with Gasteiger partial charge >= 0.3 is 5.97 Å². The lowest BCUT2D eigenvalue weighted by Crippen LogP contribution is -2.38. The van der Waals surface area contributed by atoms with Gasteiger partial charge in [-0.15, -0.1) is 0 Å². The minimum Gasteiger partial charge on any atom is -0.497 e. The van der Waals surface area contributed by atoms with Gasteiger partial charge in [0.15, 0.2) is 0 Å². The number of carbonyl (C=O) groups is 2. The summed E-state index contributed by atoms with van der Waals surface area (Å²) in [5, 5.41) is 3.09. The van der Waals surface area contributed by atoms with Crippen LogP contribution in [0.3, 0.4) is 0 Å². The molecule has 5 heteroatoms. The summed E-state index contributed by atoms with van der Waals surface area (Å²) >= 11 is 0. The van der Waals surface area contributed by atoms with E-state index in [2.05, 4.69) is 5.32 Å². The van der Waals surface area contributed by atoms with Crippen LogP contribution in [0.4, 0.5) is 0 Å². The minimum atomic E-state index is -0.837. The topological polar surface area (TPSA) is 64.6 Å². The fraction of sp³-hybridized carbons (Fsp3) is 0.467. The molecule has 0 aliphatic carbocycles. The Morgan fingerprint density at radius 3 is 2.25 bits per heavy atom. The summed E-state index contributed by atoms with van der Waals surface area (Å²) in [5.41, 5.74) is 0.884. The summed E-state index contributed by atoms with van der Waals surface area (Å²) in [5.74, 6) is -0.931. The molecule has 0 heterocycles. The summed E-state index contributed by atoms with van der Waals surface area (Å²) < 4.78 is 9.84. The maximum Gasteiger partial charge on any atom is 0.316 e. The van der Waals surface area contributed by atoms with Crippen LogP contribution in [0.1, 0.15) is 18.4 Å². The van der Waals surface area contributed by atoms with Gasteiger partial charge in [-0.05, 0) is 31.7 Å². The first-order chi connectivity index (χ1) is 9.58. The Morgan fingerprint density at radius 1 is 1.25 bits per heavy atom. The number of aldehydes is 1. The van der Waals surface area contributed by atoms with Gasteiger partial charge < -0.3 is 19.6 Å². The van der Waals surface area contributed by atoms with Crippen LogP contribution >= 0.6 is 0 Å². The van der Waals surface area contributed by atoms with Crippen molar-refractivity contribution < 1.29 is 19.1 Å². The highest BCUT2D eigenvalue weighted by Gasteiger charge is 2.33. The number of ether oxygens (including phenoxy) is 2. The zero-order valence-electron chi connectivity index (χ0n) is 12.3. The number of rotatable bonds is 7. The molecule has 110 valence electrons. The molecule has 0 saturated heterocycles. The van der Waals surface area contributed by atoms with Gasteiger partial charge in [-0.25, -0.2) is 0 Å². The second-order valence-corrected chi connectivity index (χ2v) is 4.56. The lowest BCUT2D eigenvalue weighted by molar-refractivity contribution is -0.148. The lowest BCUT2D eigenvalue weighted by Gasteiger charge is -2.27. The normalized spacial score (nSPS) is 15.0. The second-order valence-electron chi connectivity index (χ2n) is 4.56. The van der Waals surface area contributed by atoms with Gasteiger partial charge in [-0.2, -0.15) is 0 Å². The van der Waals surface area contributed by atoms with Gasteiger partial charge in [0.1, 0.15) is 18.0 Å². The summed E-state index contributed by atoms with van der Waals surface area (Å²) in [6, 6.07) is 7.28. The highest BCUT2D eigenvalue weighted by Crippen LogP contribution is 2.29. The fourth-order valence-corrected chi connectivity index (χ4v) is 2.24. The number of hydrogen-bond acceptors (Lipinski definition) is 5. The molecule has 0 aliphatic rings. The zero-order valence-corrected chi connectivity index (χ0v) is 12.3. The average Bonchev–Trinajstić information content (AvgIpc) is 2.51. The van der Waals surface area contributed by atoms with Crippen LogP contribution in [0.15, 0.2) is 24.3 Å². The lowest BCUT2D eigenvalue weighted by atomic mass is 9.81. The molecule has 0 saturated carbocycles. The molecular weight excluding hydrogens is 258 g/mol. The van der Waals surface area contributed by atoms with Gasteiger partial charge in [-0.3, -0.25) is 4.79 Å². The highest BCUT2D eigenvalue weighted by atomic mass is 16.5. The van der Waals surface area contributed by atoms with Crippen LogP contribution < -0.4 is 10.1 Å². The molecule has 0 fully saturated rings. The van der Waals surface area contributed by atoms with E-state index in [1.807, 2.05) is 31.2 Å². The van der Waals surface area contributed by atoms with Crippen LogP contribution in [-0.4, -0.2) is 39.6 Å². The maximum atomic E-state index is 11.8. The Kier molecular flexibility index (Phi) is 6.18. The molecule has 0 bridgehead atoms. The van der Waals surface area contributed by atoms with E-state index in [0.717, 1.165) is 11.3 Å². The molecule has 5 nitrogen and oxygen atoms in total. The van der Waals surface area contributed by atoms with Gasteiger partial charge in [0.05, 0.1) is 14.2 Å². The van der Waals surface area contributed by atoms with Crippen molar-refractivity contribution in [1.29, 1.82) is 0 Å². The van der Waals surface area contributed by atoms with Gasteiger partial charge in [0, 0.05) is 12.0 Å². The SMILES string of the molecule is CNC(C)[C@H](c1ccc(OC)cc1)C(C=O)C(=O)OC. The van der Waals surface area contributed by atoms with E-state index >= 15 is 0 Å². The number of carbonyl (C=O) groups excluding carboxylic acids is 2. The third-order valence-corrected chi connectivity index (χ3v) is 3.50. The molecular formula is C15H21NO4. The van der Waals surface area contributed by atoms with Crippen molar-refractivity contribution in [2.75, 3.05) is 21.3 Å². The van der Waals surface area contributed by atoms with Crippen LogP contribution in [0.25, 0.3) is 0 Å². The average molecular weight is 279 g/mol. The number of nitrogens with one attached hydrogen (secondary N) is 1. The summed E-state index contributed by atoms with van der Waals surface area (Å²) in [6.07, 6.45) is 0.647. The Labute approximate surface area is 119 Å². The van der Waals surface area contributed by atoms with E-state index in [4.69, 9.17) is 9.47 Å². The Hall–Kier alpha value is -1.88. The number of benzene rings is 1. The van der Waals surface area contributed by atoms with Gasteiger partial charge in [0.25, 0.3) is 0 Å². The summed E-state index contributed by atoms with van der Waals surface area (Å²) in [6.45, 7) is 1.92. The first-order valence-electron chi connectivity index (χ1n) is 6.43. The summed E-state index contributed by atoms with van der Waals surface area (Å²) in [7, 11) is 4.67.